The van der Waals surface area contributed by atoms with E-state index in [1.807, 2.05) is 13.0 Å². The van der Waals surface area contributed by atoms with E-state index in [1.54, 1.807) is 6.92 Å². The van der Waals surface area contributed by atoms with Crippen LogP contribution in [0.1, 0.15) is 25.8 Å². The van der Waals surface area contributed by atoms with Crippen molar-refractivity contribution >= 4 is 11.7 Å². The number of benzene rings is 1. The van der Waals surface area contributed by atoms with Gasteiger partial charge in [-0.25, -0.2) is 0 Å². The Labute approximate surface area is 114 Å². The summed E-state index contributed by atoms with van der Waals surface area (Å²) >= 11 is 0. The second-order valence-electron chi connectivity index (χ2n) is 5.28. The zero-order valence-electron chi connectivity index (χ0n) is 11.6. The second-order valence-corrected chi connectivity index (χ2v) is 5.28. The molecule has 1 heterocycles. The molecule has 1 unspecified atom stereocenters. The van der Waals surface area contributed by atoms with Crippen LogP contribution in [0, 0.1) is 0 Å². The molecular weight excluding hydrogens is 240 g/mol. The van der Waals surface area contributed by atoms with Crippen LogP contribution in [0.5, 0.6) is 0 Å². The molecule has 1 aliphatic rings. The number of nitrogens with zero attached hydrogens (tertiary/aromatic N) is 1. The lowest BCUT2D eigenvalue weighted by atomic mass is 9.97. The van der Waals surface area contributed by atoms with Gasteiger partial charge >= 0.3 is 5.97 Å². The Balaban J connectivity index is 2.01. The van der Waals surface area contributed by atoms with Crippen LogP contribution in [0.25, 0.3) is 0 Å². The zero-order chi connectivity index (χ0) is 13.9. The van der Waals surface area contributed by atoms with Gasteiger partial charge in [-0.2, -0.15) is 0 Å². The van der Waals surface area contributed by atoms with Crippen molar-refractivity contribution in [3.8, 4) is 0 Å². The van der Waals surface area contributed by atoms with E-state index in [0.29, 0.717) is 13.0 Å². The summed E-state index contributed by atoms with van der Waals surface area (Å²) in [5, 5.41) is 12.4. The molecule has 1 aliphatic heterocycles. The smallest absolute Gasteiger partial charge is 0.323 e. The monoisotopic (exact) mass is 262 g/mol. The first kappa shape index (κ1) is 13.9. The van der Waals surface area contributed by atoms with E-state index in [9.17, 15) is 9.90 Å². The van der Waals surface area contributed by atoms with Crippen LogP contribution in [0.3, 0.4) is 0 Å². The van der Waals surface area contributed by atoms with Crippen LogP contribution < -0.4 is 10.2 Å². The van der Waals surface area contributed by atoms with Gasteiger partial charge in [-0.1, -0.05) is 25.1 Å². The lowest BCUT2D eigenvalue weighted by Gasteiger charge is -2.29. The number of carbonyl (C=O) groups is 1. The number of carboxylic acids is 1. The fourth-order valence-corrected chi connectivity index (χ4v) is 2.66. The summed E-state index contributed by atoms with van der Waals surface area (Å²) in [6, 6.07) is 8.36. The van der Waals surface area contributed by atoms with Crippen molar-refractivity contribution in [2.75, 3.05) is 24.5 Å². The minimum absolute atomic E-state index is 0.602. The summed E-state index contributed by atoms with van der Waals surface area (Å²) in [5.74, 6) is -0.776. The van der Waals surface area contributed by atoms with Crippen LogP contribution in [-0.2, 0) is 11.2 Å². The van der Waals surface area contributed by atoms with E-state index >= 15 is 0 Å². The Kier molecular flexibility index (Phi) is 4.10. The third-order valence-corrected chi connectivity index (χ3v) is 3.90. The van der Waals surface area contributed by atoms with E-state index in [0.717, 1.165) is 19.5 Å². The molecule has 0 amide bonds. The molecule has 0 radical (unpaired) electrons. The number of para-hydroxylation sites is 1. The summed E-state index contributed by atoms with van der Waals surface area (Å²) in [4.78, 5) is 13.7. The highest BCUT2D eigenvalue weighted by Gasteiger charge is 2.33. The summed E-state index contributed by atoms with van der Waals surface area (Å²) in [6.45, 7) is 6.13. The van der Waals surface area contributed by atoms with Crippen molar-refractivity contribution in [2.45, 2.75) is 32.2 Å². The maximum atomic E-state index is 11.4. The van der Waals surface area contributed by atoms with Crippen molar-refractivity contribution in [1.82, 2.24) is 5.32 Å². The summed E-state index contributed by atoms with van der Waals surface area (Å²) in [6.07, 6.45) is 1.66. The Morgan fingerprint density at radius 3 is 2.89 bits per heavy atom. The quantitative estimate of drug-likeness (QED) is 0.822. The number of fused-ring (bicyclic) bond motifs is 1. The maximum absolute atomic E-state index is 11.4. The highest BCUT2D eigenvalue weighted by Crippen LogP contribution is 2.28. The third-order valence-electron chi connectivity index (χ3n) is 3.90. The predicted octanol–water partition coefficient (Wildman–Crippen LogP) is 1.89. The highest BCUT2D eigenvalue weighted by atomic mass is 16.4. The van der Waals surface area contributed by atoms with Gasteiger partial charge in [-0.3, -0.25) is 4.79 Å². The fraction of sp³-hybridized carbons (Fsp3) is 0.533. The molecule has 1 atom stereocenters. The minimum atomic E-state index is -0.841. The lowest BCUT2D eigenvalue weighted by molar-refractivity contribution is -0.144. The van der Waals surface area contributed by atoms with Crippen molar-refractivity contribution < 1.29 is 9.90 Å². The number of carboxylic acid groups (broad SMARTS) is 1. The number of anilines is 1. The molecule has 2 N–H and O–H groups in total. The maximum Gasteiger partial charge on any atom is 0.323 e. The van der Waals surface area contributed by atoms with E-state index in [2.05, 4.69) is 28.4 Å². The standard InChI is InChI=1S/C15H22N2O2/c1-3-16-15(2,14(18)19)9-11-17-10-8-12-6-4-5-7-13(12)17/h4-7,16H,3,8-11H2,1-2H3,(H,18,19). The Hall–Kier alpha value is -1.55. The fourth-order valence-electron chi connectivity index (χ4n) is 2.66. The number of nitrogens with one attached hydrogen (secondary N) is 1. The number of hydrogen-bond donors (Lipinski definition) is 2. The predicted molar refractivity (Wildman–Crippen MR) is 76.7 cm³/mol. The molecule has 4 nitrogen and oxygen atoms in total. The molecule has 4 heteroatoms. The molecule has 0 fully saturated rings. The molecule has 0 aliphatic carbocycles. The van der Waals surface area contributed by atoms with Crippen LogP contribution >= 0.6 is 0 Å². The van der Waals surface area contributed by atoms with Gasteiger partial charge in [0.15, 0.2) is 0 Å². The van der Waals surface area contributed by atoms with Gasteiger partial charge < -0.3 is 15.3 Å². The summed E-state index contributed by atoms with van der Waals surface area (Å²) in [7, 11) is 0. The van der Waals surface area contributed by atoms with Crippen molar-refractivity contribution in [3.05, 3.63) is 29.8 Å². The minimum Gasteiger partial charge on any atom is -0.480 e. The SMILES string of the molecule is CCNC(C)(CCN1CCc2ccccc21)C(=O)O. The van der Waals surface area contributed by atoms with Crippen LogP contribution in [0.2, 0.25) is 0 Å². The third kappa shape index (κ3) is 2.89. The van der Waals surface area contributed by atoms with E-state index < -0.39 is 11.5 Å². The van der Waals surface area contributed by atoms with E-state index in [-0.39, 0.29) is 0 Å². The van der Waals surface area contributed by atoms with Gasteiger partial charge in [-0.05, 0) is 37.9 Å². The van der Waals surface area contributed by atoms with Gasteiger partial charge in [0.25, 0.3) is 0 Å². The average molecular weight is 262 g/mol. The summed E-state index contributed by atoms with van der Waals surface area (Å²) < 4.78 is 0. The average Bonchev–Trinajstić information content (AvgIpc) is 2.80. The van der Waals surface area contributed by atoms with Crippen molar-refractivity contribution in [1.29, 1.82) is 0 Å². The molecule has 0 saturated heterocycles. The number of rotatable bonds is 6. The van der Waals surface area contributed by atoms with Gasteiger partial charge in [0.2, 0.25) is 0 Å². The Morgan fingerprint density at radius 2 is 2.21 bits per heavy atom. The topological polar surface area (TPSA) is 52.6 Å². The molecule has 1 aromatic carbocycles. The summed E-state index contributed by atoms with van der Waals surface area (Å²) in [5.41, 5.74) is 1.78. The zero-order valence-corrected chi connectivity index (χ0v) is 11.6. The molecule has 1 aromatic rings. The highest BCUT2D eigenvalue weighted by molar-refractivity contribution is 5.78. The Bertz CT molecular complexity index is 461. The van der Waals surface area contributed by atoms with Crippen LogP contribution in [0.4, 0.5) is 5.69 Å². The first-order valence-corrected chi connectivity index (χ1v) is 6.88. The molecule has 2 rings (SSSR count). The first-order valence-electron chi connectivity index (χ1n) is 6.88. The molecule has 19 heavy (non-hydrogen) atoms. The van der Waals surface area contributed by atoms with Gasteiger partial charge in [0, 0.05) is 18.8 Å². The number of aliphatic carboxylic acids is 1. The van der Waals surface area contributed by atoms with Crippen molar-refractivity contribution in [2.24, 2.45) is 0 Å². The van der Waals surface area contributed by atoms with Gasteiger partial charge in [-0.15, -0.1) is 0 Å². The lowest BCUT2D eigenvalue weighted by Crippen LogP contribution is -2.51. The largest absolute Gasteiger partial charge is 0.480 e. The number of likely N-dealkylation sites (N-methyl/N-ethyl adjacent to an activating group) is 1. The van der Waals surface area contributed by atoms with E-state index in [4.69, 9.17) is 0 Å². The van der Waals surface area contributed by atoms with Gasteiger partial charge in [0.1, 0.15) is 5.54 Å². The normalized spacial score (nSPS) is 17.1. The molecule has 104 valence electrons. The van der Waals surface area contributed by atoms with Crippen molar-refractivity contribution in [3.63, 3.8) is 0 Å². The van der Waals surface area contributed by atoms with E-state index in [1.165, 1.54) is 11.3 Å². The molecule has 0 aromatic heterocycles. The molecule has 0 bridgehead atoms. The number of hydrogen-bond acceptors (Lipinski definition) is 3. The van der Waals surface area contributed by atoms with Crippen LogP contribution in [-0.4, -0.2) is 36.2 Å². The van der Waals surface area contributed by atoms with Gasteiger partial charge in [0.05, 0.1) is 0 Å². The Morgan fingerprint density at radius 1 is 1.47 bits per heavy atom. The molecular formula is C15H22N2O2. The van der Waals surface area contributed by atoms with Crippen LogP contribution in [0.15, 0.2) is 24.3 Å². The first-order chi connectivity index (χ1) is 9.07. The molecule has 0 saturated carbocycles. The second kappa shape index (κ2) is 5.61. The molecule has 0 spiro atoms.